The molecule has 0 radical (unpaired) electrons. The molecule has 0 amide bonds. The van der Waals surface area contributed by atoms with E-state index < -0.39 is 113 Å². The minimum atomic E-state index is -7.34. The van der Waals surface area contributed by atoms with E-state index in [1.54, 1.807) is 4.98 Å². The molecule has 2 rings (SSSR count). The lowest BCUT2D eigenvalue weighted by Crippen LogP contribution is -2.54. The number of halogens is 20. The highest BCUT2D eigenvalue weighted by Crippen LogP contribution is 2.56. The molecular weight excluding hydrogens is 730 g/mol. The maximum atomic E-state index is 14.8. The van der Waals surface area contributed by atoms with E-state index in [2.05, 4.69) is 9.72 Å². The van der Waals surface area contributed by atoms with Gasteiger partial charge in [-0.3, -0.25) is 0 Å². The van der Waals surface area contributed by atoms with E-state index in [4.69, 9.17) is 5.26 Å². The fraction of sp³-hybridized carbons (Fsp3) is 0.522. The highest BCUT2D eigenvalue weighted by Gasteiger charge is 2.78. The minimum Gasteiger partial charge on any atom is -0.388 e. The topological polar surface area (TPSA) is 79.0 Å². The molecular formula is C23H11F20N3O2. The van der Waals surface area contributed by atoms with Gasteiger partial charge in [0.05, 0.1) is 28.5 Å². The van der Waals surface area contributed by atoms with Gasteiger partial charge in [-0.15, -0.1) is 0 Å². The lowest BCUT2D eigenvalue weighted by molar-refractivity contribution is -0.354. The van der Waals surface area contributed by atoms with Gasteiger partial charge in [0.1, 0.15) is 17.9 Å². The normalized spacial score (nSPS) is 15.7. The van der Waals surface area contributed by atoms with Crippen molar-refractivity contribution < 1.29 is 97.7 Å². The standard InChI is InChI=1S/C23H11F20N3O2/c1-48-13(5-12(47)7-2-9(18(26,27)28)8(6-44)10(3-7)19(29,30)31)11-4-14(16(24,20(32,33)34)21(35,36)37)46-15(45-11)17(25,22(38,39)40)23(41,42)43/h2-4,12-13,47H,5H2,1H3. The molecule has 1 aromatic heterocycles. The number of aliphatic hydroxyl groups is 1. The monoisotopic (exact) mass is 741 g/mol. The smallest absolute Gasteiger partial charge is 0.388 e. The fourth-order valence-electron chi connectivity index (χ4n) is 3.93. The molecule has 0 saturated carbocycles. The average molecular weight is 741 g/mol. The van der Waals surface area contributed by atoms with Crippen LogP contribution in [0.25, 0.3) is 0 Å². The molecule has 48 heavy (non-hydrogen) atoms. The summed E-state index contributed by atoms with van der Waals surface area (Å²) in [6, 6.07) is -0.958. The first-order chi connectivity index (χ1) is 21.2. The second-order valence-corrected chi connectivity index (χ2v) is 9.38. The molecule has 2 unspecified atom stereocenters. The molecule has 1 N–H and O–H groups in total. The van der Waals surface area contributed by atoms with Crippen LogP contribution in [0.15, 0.2) is 18.2 Å². The zero-order valence-electron chi connectivity index (χ0n) is 22.4. The predicted octanol–water partition coefficient (Wildman–Crippen LogP) is 8.78. The van der Waals surface area contributed by atoms with Crippen LogP contribution in [0, 0.1) is 11.3 Å². The summed E-state index contributed by atoms with van der Waals surface area (Å²) in [5, 5.41) is 19.3. The molecule has 1 aromatic carbocycles. The molecule has 0 aliphatic rings. The molecule has 270 valence electrons. The van der Waals surface area contributed by atoms with Crippen molar-refractivity contribution in [2.24, 2.45) is 0 Å². The summed E-state index contributed by atoms with van der Waals surface area (Å²) in [5.74, 6) is -3.64. The van der Waals surface area contributed by atoms with Crippen molar-refractivity contribution in [3.63, 3.8) is 0 Å². The SMILES string of the molecule is COC(CC(O)c1cc(C(F)(F)F)c(C#N)c(C(F)(F)F)c1)c1cc(C(F)(C(F)(F)F)C(F)(F)F)nc(C(F)(C(F)(F)F)C(F)(F)F)n1. The number of aliphatic hydroxyl groups excluding tert-OH is 1. The first-order valence-corrected chi connectivity index (χ1v) is 11.7. The molecule has 1 heterocycles. The van der Waals surface area contributed by atoms with Gasteiger partial charge < -0.3 is 9.84 Å². The van der Waals surface area contributed by atoms with E-state index in [-0.39, 0.29) is 19.2 Å². The summed E-state index contributed by atoms with van der Waals surface area (Å²) in [4.78, 5) is 3.96. The van der Waals surface area contributed by atoms with Gasteiger partial charge in [-0.05, 0) is 23.8 Å². The van der Waals surface area contributed by atoms with Gasteiger partial charge in [0, 0.05) is 13.5 Å². The first-order valence-electron chi connectivity index (χ1n) is 11.7. The Labute approximate surface area is 251 Å². The number of nitriles is 1. The number of methoxy groups -OCH3 is 1. The third-order valence-corrected chi connectivity index (χ3v) is 6.29. The lowest BCUT2D eigenvalue weighted by atomic mass is 9.92. The molecule has 5 nitrogen and oxygen atoms in total. The van der Waals surface area contributed by atoms with E-state index in [0.29, 0.717) is 6.07 Å². The Hall–Kier alpha value is -3.69. The van der Waals surface area contributed by atoms with Crippen LogP contribution < -0.4 is 0 Å². The van der Waals surface area contributed by atoms with Crippen molar-refractivity contribution in [1.82, 2.24) is 9.97 Å². The van der Waals surface area contributed by atoms with Gasteiger partial charge in [0.25, 0.3) is 0 Å². The lowest BCUT2D eigenvalue weighted by Gasteiger charge is -2.33. The summed E-state index contributed by atoms with van der Waals surface area (Å²) in [7, 11) is 0.270. The number of hydrogen-bond acceptors (Lipinski definition) is 5. The van der Waals surface area contributed by atoms with Crippen LogP contribution in [0.2, 0.25) is 0 Å². The zero-order chi connectivity index (χ0) is 37.9. The largest absolute Gasteiger partial charge is 0.439 e. The van der Waals surface area contributed by atoms with Crippen LogP contribution in [-0.2, 0) is 28.4 Å². The molecule has 25 heteroatoms. The number of ether oxygens (including phenoxy) is 1. The van der Waals surface area contributed by atoms with Crippen molar-refractivity contribution >= 4 is 0 Å². The van der Waals surface area contributed by atoms with Gasteiger partial charge in [0.2, 0.25) is 0 Å². The number of benzene rings is 1. The molecule has 0 aliphatic carbocycles. The Kier molecular flexibility index (Phi) is 10.4. The van der Waals surface area contributed by atoms with Gasteiger partial charge in [-0.2, -0.15) is 84.3 Å². The number of hydrogen-bond donors (Lipinski definition) is 1. The Morgan fingerprint density at radius 2 is 1.06 bits per heavy atom. The quantitative estimate of drug-likeness (QED) is 0.287. The third kappa shape index (κ3) is 7.18. The first kappa shape index (κ1) is 40.5. The molecule has 2 atom stereocenters. The van der Waals surface area contributed by atoms with Crippen molar-refractivity contribution in [2.45, 2.75) is 67.0 Å². The molecule has 0 saturated heterocycles. The third-order valence-electron chi connectivity index (χ3n) is 6.29. The Morgan fingerprint density at radius 3 is 1.38 bits per heavy atom. The zero-order valence-corrected chi connectivity index (χ0v) is 22.4. The Balaban J connectivity index is 2.99. The van der Waals surface area contributed by atoms with Crippen LogP contribution in [0.5, 0.6) is 0 Å². The summed E-state index contributed by atoms with van der Waals surface area (Å²) < 4.78 is 275. The fourth-order valence-corrected chi connectivity index (χ4v) is 3.93. The van der Waals surface area contributed by atoms with Gasteiger partial charge >= 0.3 is 48.4 Å². The molecule has 0 fully saturated rings. The van der Waals surface area contributed by atoms with Crippen LogP contribution in [0.1, 0.15) is 58.1 Å². The second-order valence-electron chi connectivity index (χ2n) is 9.38. The Morgan fingerprint density at radius 1 is 0.667 bits per heavy atom. The Bertz CT molecular complexity index is 1410. The molecule has 2 aromatic rings. The van der Waals surface area contributed by atoms with Crippen molar-refractivity contribution in [3.05, 3.63) is 57.7 Å². The summed E-state index contributed by atoms with van der Waals surface area (Å²) in [6.07, 6.45) is -48.4. The predicted molar refractivity (Wildman–Crippen MR) is 112 cm³/mol. The molecule has 0 spiro atoms. The minimum absolute atomic E-state index is 0.270. The van der Waals surface area contributed by atoms with Crippen molar-refractivity contribution in [3.8, 4) is 6.07 Å². The number of nitrogens with zero attached hydrogens (tertiary/aromatic N) is 3. The van der Waals surface area contributed by atoms with E-state index in [1.165, 1.54) is 0 Å². The molecule has 0 aliphatic heterocycles. The summed E-state index contributed by atoms with van der Waals surface area (Å²) in [5.41, 5.74) is -27.9. The summed E-state index contributed by atoms with van der Waals surface area (Å²) >= 11 is 0. The van der Waals surface area contributed by atoms with E-state index in [9.17, 15) is 92.9 Å². The average Bonchev–Trinajstić information content (AvgIpc) is 2.90. The maximum absolute atomic E-state index is 14.8. The molecule has 0 bridgehead atoms. The highest BCUT2D eigenvalue weighted by atomic mass is 19.4. The van der Waals surface area contributed by atoms with Crippen LogP contribution in [-0.4, -0.2) is 46.9 Å². The van der Waals surface area contributed by atoms with Crippen LogP contribution >= 0.6 is 0 Å². The summed E-state index contributed by atoms with van der Waals surface area (Å²) in [6.45, 7) is 0. The van der Waals surface area contributed by atoms with Crippen molar-refractivity contribution in [1.29, 1.82) is 5.26 Å². The van der Waals surface area contributed by atoms with E-state index in [0.717, 1.165) is 0 Å². The second kappa shape index (κ2) is 12.3. The highest BCUT2D eigenvalue weighted by molar-refractivity contribution is 5.50. The number of aromatic nitrogens is 2. The van der Waals surface area contributed by atoms with Gasteiger partial charge in [0.15, 0.2) is 5.82 Å². The van der Waals surface area contributed by atoms with Gasteiger partial charge in [-0.25, -0.2) is 18.7 Å². The van der Waals surface area contributed by atoms with Crippen molar-refractivity contribution in [2.75, 3.05) is 7.11 Å². The van der Waals surface area contributed by atoms with Gasteiger partial charge in [-0.1, -0.05) is 0 Å². The van der Waals surface area contributed by atoms with E-state index >= 15 is 0 Å². The number of rotatable bonds is 7. The number of alkyl halides is 20. The van der Waals surface area contributed by atoms with Crippen LogP contribution in [0.3, 0.4) is 0 Å². The maximum Gasteiger partial charge on any atom is 0.439 e. The van der Waals surface area contributed by atoms with Crippen LogP contribution in [0.4, 0.5) is 87.8 Å². The van der Waals surface area contributed by atoms with E-state index in [1.807, 2.05) is 0 Å².